The molecular formula is C37H55BrN9O12+. The van der Waals surface area contributed by atoms with E-state index in [0.717, 1.165) is 16.9 Å². The summed E-state index contributed by atoms with van der Waals surface area (Å²) in [6.07, 6.45) is -12.3. The van der Waals surface area contributed by atoms with E-state index in [1.807, 2.05) is 29.0 Å². The maximum absolute atomic E-state index is 14.0. The SMILES string of the molecule is CCn1c(CNC(=O)c2nc3c(Br)c[nH]c3nc2N)[n+](CC)c2ccc(C(=O)N3CCC(N(C[C@H](O)[C@@H](O)[C@H](O)[C@H](O)CO)C[C@H](O)[C@@H](O)[C@H](O)[C@H](O)CO)CC3)cc21. The first-order valence-electron chi connectivity index (χ1n) is 19.4. The summed E-state index contributed by atoms with van der Waals surface area (Å²) >= 11 is 3.39. The van der Waals surface area contributed by atoms with Gasteiger partial charge in [0.15, 0.2) is 28.2 Å². The number of piperidine rings is 1. The van der Waals surface area contributed by atoms with Crippen LogP contribution in [0.2, 0.25) is 0 Å². The minimum atomic E-state index is -1.92. The molecule has 2 amide bonds. The molecule has 1 saturated heterocycles. The highest BCUT2D eigenvalue weighted by Gasteiger charge is 2.38. The summed E-state index contributed by atoms with van der Waals surface area (Å²) in [5, 5.41) is 104. The lowest BCUT2D eigenvalue weighted by atomic mass is 9.97. The fourth-order valence-corrected chi connectivity index (χ4v) is 7.95. The van der Waals surface area contributed by atoms with Gasteiger partial charge in [-0.3, -0.25) is 14.5 Å². The van der Waals surface area contributed by atoms with Crippen LogP contribution in [0.1, 0.15) is 53.4 Å². The molecule has 4 heterocycles. The van der Waals surface area contributed by atoms with Gasteiger partial charge >= 0.3 is 0 Å². The number of rotatable bonds is 19. The molecule has 0 radical (unpaired) electrons. The number of aliphatic hydroxyl groups excluding tert-OH is 10. The van der Waals surface area contributed by atoms with Crippen LogP contribution in [-0.4, -0.2) is 186 Å². The summed E-state index contributed by atoms with van der Waals surface area (Å²) < 4.78 is 4.68. The van der Waals surface area contributed by atoms with E-state index < -0.39 is 87.1 Å². The second kappa shape index (κ2) is 20.1. The van der Waals surface area contributed by atoms with Gasteiger partial charge in [0.05, 0.1) is 43.0 Å². The van der Waals surface area contributed by atoms with E-state index in [9.17, 15) is 60.7 Å². The molecule has 0 unspecified atom stereocenters. The molecule has 22 heteroatoms. The Morgan fingerprint density at radius 1 is 0.932 bits per heavy atom. The number of nitrogens with zero attached hydrogens (tertiary/aromatic N) is 6. The molecule has 1 aliphatic heterocycles. The number of aryl methyl sites for hydroxylation is 2. The van der Waals surface area contributed by atoms with Crippen LogP contribution in [0.15, 0.2) is 28.9 Å². The zero-order chi connectivity index (χ0) is 43.3. The van der Waals surface area contributed by atoms with Crippen molar-refractivity contribution < 1.29 is 65.2 Å². The van der Waals surface area contributed by atoms with Crippen molar-refractivity contribution in [2.45, 2.75) is 101 Å². The molecule has 0 saturated carbocycles. The first-order chi connectivity index (χ1) is 28.1. The van der Waals surface area contributed by atoms with Gasteiger partial charge in [-0.05, 0) is 54.8 Å². The van der Waals surface area contributed by atoms with Gasteiger partial charge in [0, 0.05) is 50.0 Å². The Balaban J connectivity index is 1.31. The average Bonchev–Trinajstić information content (AvgIpc) is 3.77. The molecule has 326 valence electrons. The Bertz CT molecular complexity index is 2030. The third-order valence-corrected chi connectivity index (χ3v) is 11.5. The third kappa shape index (κ3) is 10.0. The predicted octanol–water partition coefficient (Wildman–Crippen LogP) is -3.71. The Kier molecular flexibility index (Phi) is 15.7. The Morgan fingerprint density at radius 2 is 1.51 bits per heavy atom. The largest absolute Gasteiger partial charge is 0.394 e. The average molecular weight is 898 g/mol. The van der Waals surface area contributed by atoms with Crippen molar-refractivity contribution in [1.82, 2.24) is 34.6 Å². The second-order valence-electron chi connectivity index (χ2n) is 14.7. The number of anilines is 1. The Hall–Kier alpha value is -3.91. The number of hydrogen-bond donors (Lipinski definition) is 13. The van der Waals surface area contributed by atoms with E-state index in [0.29, 0.717) is 47.1 Å². The second-order valence-corrected chi connectivity index (χ2v) is 15.5. The maximum Gasteiger partial charge on any atom is 0.277 e. The zero-order valence-corrected chi connectivity index (χ0v) is 34.3. The van der Waals surface area contributed by atoms with Gasteiger partial charge < -0.3 is 72.0 Å². The first kappa shape index (κ1) is 46.2. The summed E-state index contributed by atoms with van der Waals surface area (Å²) in [6, 6.07) is 4.91. The smallest absolute Gasteiger partial charge is 0.277 e. The van der Waals surface area contributed by atoms with Crippen LogP contribution in [0.3, 0.4) is 0 Å². The summed E-state index contributed by atoms with van der Waals surface area (Å²) in [4.78, 5) is 42.0. The minimum absolute atomic E-state index is 0.0179. The molecule has 1 aliphatic rings. The number of amides is 2. The molecule has 14 N–H and O–H groups in total. The topological polar surface area (TPSA) is 331 Å². The van der Waals surface area contributed by atoms with Gasteiger partial charge in [-0.2, -0.15) is 0 Å². The number of aromatic nitrogens is 5. The van der Waals surface area contributed by atoms with Crippen LogP contribution in [-0.2, 0) is 19.6 Å². The standard InChI is InChI=1S/C37H54BrN9O12/c1-3-46-21-6-5-18(11-22(21)47(4-2)27(46)13-41-36(58)29-34(39)43-35-28(42-29)20(38)12-40-35)37(59)44-9-7-19(8-10-44)45(14-23(50)30(54)32(56)25(52)16-48)15-24(51)31(55)33(57)26(53)17-49/h5-6,11-12,19,23-26,30-33,48-57H,3-4,7-10,13-17H2,1-2H3,(H3-,39,40,41,42,43,58)/p+1/t23-,24-,25+,26+,30+,31+,32+,33+/m0/s1. The fraction of sp³-hybridized carbons (Fsp3) is 0.595. The quantitative estimate of drug-likeness (QED) is 0.0403. The molecule has 1 fully saturated rings. The van der Waals surface area contributed by atoms with Gasteiger partial charge in [-0.15, -0.1) is 0 Å². The molecule has 0 spiro atoms. The first-order valence-corrected chi connectivity index (χ1v) is 20.2. The van der Waals surface area contributed by atoms with Gasteiger partial charge in [0.2, 0.25) is 0 Å². The highest BCUT2D eigenvalue weighted by atomic mass is 79.9. The number of fused-ring (bicyclic) bond motifs is 2. The molecule has 8 atom stereocenters. The Labute approximate surface area is 347 Å². The van der Waals surface area contributed by atoms with Gasteiger partial charge in [0.25, 0.3) is 17.6 Å². The number of nitrogens with one attached hydrogen (secondary N) is 2. The van der Waals surface area contributed by atoms with E-state index in [4.69, 9.17) is 5.73 Å². The van der Waals surface area contributed by atoms with Crippen molar-refractivity contribution in [2.24, 2.45) is 0 Å². The number of nitrogens with two attached hydrogens (primary N) is 1. The number of likely N-dealkylation sites (tertiary alicyclic amines) is 1. The number of nitrogen functional groups attached to an aromatic ring is 1. The van der Waals surface area contributed by atoms with Crippen molar-refractivity contribution in [2.75, 3.05) is 45.1 Å². The van der Waals surface area contributed by atoms with Crippen LogP contribution in [0, 0.1) is 0 Å². The van der Waals surface area contributed by atoms with E-state index >= 15 is 0 Å². The van der Waals surface area contributed by atoms with E-state index in [1.165, 1.54) is 4.90 Å². The fourth-order valence-electron chi connectivity index (χ4n) is 7.56. The van der Waals surface area contributed by atoms with E-state index in [1.54, 1.807) is 23.2 Å². The van der Waals surface area contributed by atoms with Crippen molar-refractivity contribution in [1.29, 1.82) is 0 Å². The summed E-state index contributed by atoms with van der Waals surface area (Å²) in [5.74, 6) is -0.0187. The molecule has 0 bridgehead atoms. The predicted molar refractivity (Wildman–Crippen MR) is 213 cm³/mol. The number of imidazole rings is 1. The number of hydrogen-bond acceptors (Lipinski definition) is 16. The van der Waals surface area contributed by atoms with Crippen LogP contribution < -0.4 is 15.6 Å². The summed E-state index contributed by atoms with van der Waals surface area (Å²) in [6.45, 7) is 3.01. The van der Waals surface area contributed by atoms with Crippen molar-refractivity contribution in [3.05, 3.63) is 46.0 Å². The zero-order valence-electron chi connectivity index (χ0n) is 32.7. The lowest BCUT2D eigenvalue weighted by molar-refractivity contribution is -0.676. The van der Waals surface area contributed by atoms with Crippen LogP contribution in [0.4, 0.5) is 5.82 Å². The van der Waals surface area contributed by atoms with Gasteiger partial charge in [-0.25, -0.2) is 19.1 Å². The third-order valence-electron chi connectivity index (χ3n) is 10.9. The molecule has 0 aliphatic carbocycles. The van der Waals surface area contributed by atoms with Crippen molar-refractivity contribution >= 4 is 55.8 Å². The molecule has 3 aromatic heterocycles. The molecular weight excluding hydrogens is 842 g/mol. The number of aromatic amines is 1. The molecule has 21 nitrogen and oxygen atoms in total. The van der Waals surface area contributed by atoms with Crippen molar-refractivity contribution in [3.8, 4) is 0 Å². The number of carbonyl (C=O) groups excluding carboxylic acids is 2. The van der Waals surface area contributed by atoms with Crippen molar-refractivity contribution in [3.63, 3.8) is 0 Å². The Morgan fingerprint density at radius 3 is 2.05 bits per heavy atom. The lowest BCUT2D eigenvalue weighted by Crippen LogP contribution is -2.56. The molecule has 59 heavy (non-hydrogen) atoms. The lowest BCUT2D eigenvalue weighted by Gasteiger charge is -2.41. The maximum atomic E-state index is 14.0. The van der Waals surface area contributed by atoms with Crippen LogP contribution >= 0.6 is 15.9 Å². The number of carbonyl (C=O) groups is 2. The molecule has 5 rings (SSSR count). The molecule has 4 aromatic rings. The number of H-pyrrole nitrogens is 1. The summed E-state index contributed by atoms with van der Waals surface area (Å²) in [5.41, 5.74) is 8.98. The van der Waals surface area contributed by atoms with Gasteiger partial charge in [0.1, 0.15) is 48.7 Å². The number of halogens is 1. The normalized spacial score (nSPS) is 18.2. The minimum Gasteiger partial charge on any atom is -0.394 e. The highest BCUT2D eigenvalue weighted by Crippen LogP contribution is 2.25. The van der Waals surface area contributed by atoms with E-state index in [2.05, 4.69) is 36.2 Å². The highest BCUT2D eigenvalue weighted by molar-refractivity contribution is 9.10. The monoisotopic (exact) mass is 896 g/mol. The molecule has 1 aromatic carbocycles. The van der Waals surface area contributed by atoms with Crippen LogP contribution in [0.25, 0.3) is 22.2 Å². The van der Waals surface area contributed by atoms with Crippen LogP contribution in [0.5, 0.6) is 0 Å². The summed E-state index contributed by atoms with van der Waals surface area (Å²) in [7, 11) is 0. The van der Waals surface area contributed by atoms with Gasteiger partial charge in [-0.1, -0.05) is 0 Å². The van der Waals surface area contributed by atoms with E-state index in [-0.39, 0.29) is 37.1 Å². The number of aliphatic hydroxyl groups is 10. The number of benzene rings is 1.